The molecule has 0 aliphatic carbocycles. The van der Waals surface area contributed by atoms with E-state index in [1.165, 1.54) is 11.0 Å². The van der Waals surface area contributed by atoms with E-state index in [1.807, 2.05) is 0 Å². The quantitative estimate of drug-likeness (QED) is 0.495. The highest BCUT2D eigenvalue weighted by Crippen LogP contribution is 2.25. The van der Waals surface area contributed by atoms with Gasteiger partial charge < -0.3 is 14.5 Å². The lowest BCUT2D eigenvalue weighted by Gasteiger charge is -2.33. The third-order valence-electron chi connectivity index (χ3n) is 6.19. The number of methoxy groups -OCH3 is 1. The molecule has 0 aromatic heterocycles. The van der Waals surface area contributed by atoms with Crippen LogP contribution in [0.5, 0.6) is 0 Å². The van der Waals surface area contributed by atoms with Gasteiger partial charge in [-0.15, -0.1) is 0 Å². The molecule has 186 valence electrons. The van der Waals surface area contributed by atoms with Gasteiger partial charge in [-0.1, -0.05) is 23.7 Å². The molecule has 2 atom stereocenters. The molecule has 2 unspecified atom stereocenters. The molecule has 2 saturated heterocycles. The predicted molar refractivity (Wildman–Crippen MR) is 128 cm³/mol. The number of esters is 1. The van der Waals surface area contributed by atoms with E-state index in [1.54, 1.807) is 36.1 Å². The van der Waals surface area contributed by atoms with Crippen LogP contribution >= 0.6 is 11.6 Å². The van der Waals surface area contributed by atoms with E-state index >= 15 is 0 Å². The van der Waals surface area contributed by atoms with Gasteiger partial charge in [0.2, 0.25) is 21.8 Å². The normalized spacial score (nSPS) is 20.2. The van der Waals surface area contributed by atoms with Crippen molar-refractivity contribution in [3.63, 3.8) is 0 Å². The molecule has 0 N–H and O–H groups in total. The SMILES string of the molecule is COC(=O)CN(C1CCN(C(C)C(=O)N2CCCCC2)C1=O)S(=O)(=O)C=Cc1ccc(Cl)cc1. The molecule has 0 bridgehead atoms. The number of carbonyl (C=O) groups excluding carboxylic acids is 3. The van der Waals surface area contributed by atoms with E-state index in [0.717, 1.165) is 36.1 Å². The monoisotopic (exact) mass is 511 g/mol. The first-order valence-corrected chi connectivity index (χ1v) is 13.1. The average Bonchev–Trinajstić information content (AvgIpc) is 3.22. The van der Waals surface area contributed by atoms with E-state index < -0.39 is 40.5 Å². The minimum absolute atomic E-state index is 0.140. The number of ether oxygens (including phenoxy) is 1. The molecule has 2 aliphatic rings. The van der Waals surface area contributed by atoms with Crippen molar-refractivity contribution in [3.05, 3.63) is 40.3 Å². The number of halogens is 1. The second-order valence-corrected chi connectivity index (χ2v) is 10.6. The predicted octanol–water partition coefficient (Wildman–Crippen LogP) is 2.12. The van der Waals surface area contributed by atoms with Crippen LogP contribution in [-0.2, 0) is 29.1 Å². The molecule has 2 amide bonds. The summed E-state index contributed by atoms with van der Waals surface area (Å²) in [4.78, 5) is 41.4. The highest BCUT2D eigenvalue weighted by molar-refractivity contribution is 7.92. The van der Waals surface area contributed by atoms with Gasteiger partial charge >= 0.3 is 5.97 Å². The molecule has 2 aliphatic heterocycles. The summed E-state index contributed by atoms with van der Waals surface area (Å²) in [7, 11) is -3.01. The van der Waals surface area contributed by atoms with Gasteiger partial charge in [-0.25, -0.2) is 8.42 Å². The van der Waals surface area contributed by atoms with Crippen molar-refractivity contribution in [2.75, 3.05) is 33.3 Å². The zero-order valence-corrected chi connectivity index (χ0v) is 20.9. The fourth-order valence-corrected chi connectivity index (χ4v) is 5.68. The molecule has 2 fully saturated rings. The second kappa shape index (κ2) is 11.3. The third kappa shape index (κ3) is 6.17. The summed E-state index contributed by atoms with van der Waals surface area (Å²) in [5, 5.41) is 1.47. The van der Waals surface area contributed by atoms with Crippen LogP contribution in [0.25, 0.3) is 6.08 Å². The maximum absolute atomic E-state index is 13.3. The summed E-state index contributed by atoms with van der Waals surface area (Å²) >= 11 is 5.87. The Kier molecular flexibility index (Phi) is 8.72. The highest BCUT2D eigenvalue weighted by Gasteiger charge is 2.44. The minimum atomic E-state index is -4.17. The first-order chi connectivity index (χ1) is 16.1. The van der Waals surface area contributed by atoms with Crippen molar-refractivity contribution in [1.82, 2.24) is 14.1 Å². The maximum atomic E-state index is 13.3. The lowest BCUT2D eigenvalue weighted by Crippen LogP contribution is -2.52. The van der Waals surface area contributed by atoms with Crippen molar-refractivity contribution in [1.29, 1.82) is 0 Å². The Morgan fingerprint density at radius 3 is 2.44 bits per heavy atom. The molecule has 1 aromatic carbocycles. The molecule has 11 heteroatoms. The molecule has 1 aromatic rings. The van der Waals surface area contributed by atoms with Gasteiger partial charge in [0.15, 0.2) is 0 Å². The van der Waals surface area contributed by atoms with Crippen molar-refractivity contribution in [2.45, 2.75) is 44.7 Å². The first-order valence-electron chi connectivity index (χ1n) is 11.3. The van der Waals surface area contributed by atoms with Gasteiger partial charge in [-0.3, -0.25) is 14.4 Å². The van der Waals surface area contributed by atoms with E-state index in [4.69, 9.17) is 11.6 Å². The Labute approximate surface area is 205 Å². The van der Waals surface area contributed by atoms with Crippen LogP contribution in [0, 0.1) is 0 Å². The van der Waals surface area contributed by atoms with Crippen LogP contribution < -0.4 is 0 Å². The topological polar surface area (TPSA) is 104 Å². The third-order valence-corrected chi connectivity index (χ3v) is 7.96. The molecular weight excluding hydrogens is 482 g/mol. The zero-order chi connectivity index (χ0) is 24.9. The van der Waals surface area contributed by atoms with E-state index in [0.29, 0.717) is 23.7 Å². The van der Waals surface area contributed by atoms with Crippen molar-refractivity contribution in [2.24, 2.45) is 0 Å². The largest absolute Gasteiger partial charge is 0.468 e. The van der Waals surface area contributed by atoms with Crippen LogP contribution in [-0.4, -0.2) is 85.7 Å². The Balaban J connectivity index is 1.80. The van der Waals surface area contributed by atoms with E-state index in [-0.39, 0.29) is 18.9 Å². The first kappa shape index (κ1) is 26.2. The molecule has 0 radical (unpaired) electrons. The Morgan fingerprint density at radius 1 is 1.18 bits per heavy atom. The van der Waals surface area contributed by atoms with Crippen molar-refractivity contribution in [3.8, 4) is 0 Å². The summed E-state index contributed by atoms with van der Waals surface area (Å²) < 4.78 is 31.9. The van der Waals surface area contributed by atoms with E-state index in [9.17, 15) is 22.8 Å². The van der Waals surface area contributed by atoms with Crippen LogP contribution in [0.3, 0.4) is 0 Å². The van der Waals surface area contributed by atoms with Gasteiger partial charge in [-0.2, -0.15) is 4.31 Å². The molecule has 3 rings (SSSR count). The van der Waals surface area contributed by atoms with E-state index in [2.05, 4.69) is 4.74 Å². The highest BCUT2D eigenvalue weighted by atomic mass is 35.5. The van der Waals surface area contributed by atoms with Gasteiger partial charge in [0.25, 0.3) is 0 Å². The molecule has 9 nitrogen and oxygen atoms in total. The summed E-state index contributed by atoms with van der Waals surface area (Å²) in [6.07, 6.45) is 4.48. The number of hydrogen-bond donors (Lipinski definition) is 0. The zero-order valence-electron chi connectivity index (χ0n) is 19.4. The smallest absolute Gasteiger partial charge is 0.321 e. The van der Waals surface area contributed by atoms with Crippen molar-refractivity contribution >= 4 is 45.5 Å². The lowest BCUT2D eigenvalue weighted by molar-refractivity contribution is -0.145. The molecule has 0 spiro atoms. The number of sulfonamides is 1. The Bertz CT molecular complexity index is 1040. The minimum Gasteiger partial charge on any atom is -0.468 e. The number of hydrogen-bond acceptors (Lipinski definition) is 6. The second-order valence-electron chi connectivity index (χ2n) is 8.42. The number of amides is 2. The molecular formula is C23H30ClN3O6S. The van der Waals surface area contributed by atoms with Crippen LogP contribution in [0.2, 0.25) is 5.02 Å². The summed E-state index contributed by atoms with van der Waals surface area (Å²) in [6, 6.07) is 4.74. The Morgan fingerprint density at radius 2 is 1.82 bits per heavy atom. The molecule has 2 heterocycles. The van der Waals surface area contributed by atoms with Gasteiger partial charge in [0.1, 0.15) is 18.6 Å². The number of piperidine rings is 1. The number of benzene rings is 1. The standard InChI is InChI=1S/C23H30ClN3O6S/c1-17(22(29)25-12-4-3-5-13-25)26-14-10-20(23(26)30)27(16-21(28)33-2)34(31,32)15-11-18-6-8-19(24)9-7-18/h6-9,11,15,17,20H,3-5,10,12-14,16H2,1-2H3. The van der Waals surface area contributed by atoms with Crippen LogP contribution in [0.1, 0.15) is 38.2 Å². The summed E-state index contributed by atoms with van der Waals surface area (Å²) in [6.45, 7) is 2.59. The number of rotatable bonds is 8. The Hall–Kier alpha value is -2.43. The fourth-order valence-electron chi connectivity index (χ4n) is 4.24. The number of carbonyl (C=O) groups is 3. The fraction of sp³-hybridized carbons (Fsp3) is 0.522. The number of nitrogens with zero attached hydrogens (tertiary/aromatic N) is 3. The lowest BCUT2D eigenvalue weighted by atomic mass is 10.1. The molecule has 34 heavy (non-hydrogen) atoms. The summed E-state index contributed by atoms with van der Waals surface area (Å²) in [5.41, 5.74) is 0.589. The van der Waals surface area contributed by atoms with Gasteiger partial charge in [-0.05, 0) is 56.4 Å². The summed E-state index contributed by atoms with van der Waals surface area (Å²) in [5.74, 6) is -1.42. The van der Waals surface area contributed by atoms with Crippen LogP contribution in [0.4, 0.5) is 0 Å². The van der Waals surface area contributed by atoms with Crippen LogP contribution in [0.15, 0.2) is 29.7 Å². The van der Waals surface area contributed by atoms with Gasteiger partial charge in [0, 0.05) is 30.1 Å². The van der Waals surface area contributed by atoms with Crippen molar-refractivity contribution < 1.29 is 27.5 Å². The average molecular weight is 512 g/mol. The number of likely N-dealkylation sites (tertiary alicyclic amines) is 2. The van der Waals surface area contributed by atoms with Gasteiger partial charge in [0.05, 0.1) is 7.11 Å². The maximum Gasteiger partial charge on any atom is 0.321 e. The molecule has 0 saturated carbocycles.